The van der Waals surface area contributed by atoms with E-state index in [1.54, 1.807) is 6.07 Å². The SMILES string of the molecule is CCCCCC[C@@H]1CC[C@@H]2c3cc(F)c(-c4ccc(C#N)c(F)c4)c(F)c3CC[C@H]2C1. The van der Waals surface area contributed by atoms with Crippen molar-refractivity contribution in [3.8, 4) is 17.2 Å². The highest BCUT2D eigenvalue weighted by atomic mass is 19.1. The van der Waals surface area contributed by atoms with Crippen LogP contribution < -0.4 is 0 Å². The van der Waals surface area contributed by atoms with Gasteiger partial charge < -0.3 is 0 Å². The highest BCUT2D eigenvalue weighted by Crippen LogP contribution is 2.49. The van der Waals surface area contributed by atoms with Crippen molar-refractivity contribution in [2.75, 3.05) is 0 Å². The van der Waals surface area contributed by atoms with Gasteiger partial charge >= 0.3 is 0 Å². The third kappa shape index (κ3) is 4.38. The average Bonchev–Trinajstić information content (AvgIpc) is 2.76. The molecule has 0 radical (unpaired) electrons. The summed E-state index contributed by atoms with van der Waals surface area (Å²) in [5, 5.41) is 8.91. The Labute approximate surface area is 183 Å². The Morgan fingerprint density at radius 2 is 1.84 bits per heavy atom. The Morgan fingerprint density at radius 3 is 2.58 bits per heavy atom. The van der Waals surface area contributed by atoms with Gasteiger partial charge in [-0.15, -0.1) is 0 Å². The van der Waals surface area contributed by atoms with Crippen molar-refractivity contribution in [2.45, 2.75) is 77.0 Å². The van der Waals surface area contributed by atoms with E-state index in [0.717, 1.165) is 36.8 Å². The summed E-state index contributed by atoms with van der Waals surface area (Å²) in [7, 11) is 0. The van der Waals surface area contributed by atoms with Crippen molar-refractivity contribution < 1.29 is 13.2 Å². The summed E-state index contributed by atoms with van der Waals surface area (Å²) in [4.78, 5) is 0. The summed E-state index contributed by atoms with van der Waals surface area (Å²) in [6.45, 7) is 2.23. The third-order valence-electron chi connectivity index (χ3n) is 7.45. The molecule has 1 nitrogen and oxygen atoms in total. The summed E-state index contributed by atoms with van der Waals surface area (Å²) < 4.78 is 44.6. The Kier molecular flexibility index (Phi) is 6.70. The quantitative estimate of drug-likeness (QED) is 0.429. The van der Waals surface area contributed by atoms with Crippen LogP contribution in [-0.4, -0.2) is 0 Å². The fourth-order valence-corrected chi connectivity index (χ4v) is 5.83. The highest BCUT2D eigenvalue weighted by Gasteiger charge is 2.37. The average molecular weight is 426 g/mol. The van der Waals surface area contributed by atoms with Crippen molar-refractivity contribution in [3.63, 3.8) is 0 Å². The maximum absolute atomic E-state index is 15.5. The largest absolute Gasteiger partial charge is 0.206 e. The van der Waals surface area contributed by atoms with Crippen LogP contribution in [0, 0.1) is 40.6 Å². The van der Waals surface area contributed by atoms with Gasteiger partial charge in [0.05, 0.1) is 11.1 Å². The summed E-state index contributed by atoms with van der Waals surface area (Å²) in [5.74, 6) is -0.466. The molecule has 0 bridgehead atoms. The summed E-state index contributed by atoms with van der Waals surface area (Å²) in [6.07, 6.45) is 11.3. The van der Waals surface area contributed by atoms with Crippen LogP contribution in [0.4, 0.5) is 13.2 Å². The molecule has 4 heteroatoms. The van der Waals surface area contributed by atoms with Crippen LogP contribution >= 0.6 is 0 Å². The molecule has 0 aromatic heterocycles. The first-order chi connectivity index (χ1) is 15.0. The lowest BCUT2D eigenvalue weighted by Gasteiger charge is -2.41. The molecule has 2 aromatic carbocycles. The summed E-state index contributed by atoms with van der Waals surface area (Å²) in [6, 6.07) is 7.00. The normalized spacial score (nSPS) is 22.5. The van der Waals surface area contributed by atoms with Crippen LogP contribution in [0.1, 0.15) is 87.3 Å². The van der Waals surface area contributed by atoms with Gasteiger partial charge in [-0.2, -0.15) is 5.26 Å². The molecule has 0 aliphatic heterocycles. The van der Waals surface area contributed by atoms with Gasteiger partial charge in [0.1, 0.15) is 23.5 Å². The molecule has 0 amide bonds. The molecule has 3 atom stereocenters. The number of nitrogens with zero attached hydrogens (tertiary/aromatic N) is 1. The number of nitriles is 1. The van der Waals surface area contributed by atoms with Gasteiger partial charge in [-0.1, -0.05) is 45.1 Å². The standard InChI is InChI=1S/C27H30F3N/c1-2-3-4-5-6-17-7-11-21-18(13-17)10-12-22-23(21)15-25(29)26(27(22)30)19-8-9-20(16-31)24(28)14-19/h8-9,14-15,17-18,21H,2-7,10-13H2,1H3/t17-,18+,21+/m1/s1. The number of hydrogen-bond acceptors (Lipinski definition) is 1. The minimum absolute atomic E-state index is 0.128. The topological polar surface area (TPSA) is 23.8 Å². The maximum Gasteiger partial charge on any atom is 0.141 e. The van der Waals surface area contributed by atoms with Crippen LogP contribution in [0.3, 0.4) is 0 Å². The highest BCUT2D eigenvalue weighted by molar-refractivity contribution is 5.68. The molecule has 0 unspecified atom stereocenters. The van der Waals surface area contributed by atoms with Crippen molar-refractivity contribution in [2.24, 2.45) is 11.8 Å². The molecule has 2 aromatic rings. The maximum atomic E-state index is 15.5. The molecule has 164 valence electrons. The van der Waals surface area contributed by atoms with Crippen molar-refractivity contribution in [1.82, 2.24) is 0 Å². The summed E-state index contributed by atoms with van der Waals surface area (Å²) >= 11 is 0. The predicted octanol–water partition coefficient (Wildman–Crippen LogP) is 8.06. The molecule has 2 aliphatic carbocycles. The molecule has 0 N–H and O–H groups in total. The van der Waals surface area contributed by atoms with E-state index in [1.165, 1.54) is 56.7 Å². The van der Waals surface area contributed by atoms with Crippen molar-refractivity contribution >= 4 is 0 Å². The van der Waals surface area contributed by atoms with Gasteiger partial charge in [-0.3, -0.25) is 0 Å². The third-order valence-corrected chi connectivity index (χ3v) is 7.45. The number of benzene rings is 2. The molecule has 0 spiro atoms. The van der Waals surface area contributed by atoms with Gasteiger partial charge in [0.25, 0.3) is 0 Å². The first kappa shape index (κ1) is 21.9. The number of fused-ring (bicyclic) bond motifs is 3. The molecule has 1 fully saturated rings. The zero-order valence-corrected chi connectivity index (χ0v) is 18.2. The molecular weight excluding hydrogens is 395 g/mol. The second-order valence-electron chi connectivity index (χ2n) is 9.36. The van der Waals surface area contributed by atoms with Crippen LogP contribution in [-0.2, 0) is 6.42 Å². The first-order valence-corrected chi connectivity index (χ1v) is 11.7. The predicted molar refractivity (Wildman–Crippen MR) is 117 cm³/mol. The number of hydrogen-bond donors (Lipinski definition) is 0. The second kappa shape index (κ2) is 9.47. The number of halogens is 3. The summed E-state index contributed by atoms with van der Waals surface area (Å²) in [5.41, 5.74) is 1.27. The van der Waals surface area contributed by atoms with Gasteiger partial charge in [-0.25, -0.2) is 13.2 Å². The van der Waals surface area contributed by atoms with Crippen LogP contribution in [0.2, 0.25) is 0 Å². The first-order valence-electron chi connectivity index (χ1n) is 11.7. The molecule has 0 heterocycles. The number of rotatable bonds is 6. The van der Waals surface area contributed by atoms with Gasteiger partial charge in [0.2, 0.25) is 0 Å². The molecule has 2 aliphatic rings. The zero-order chi connectivity index (χ0) is 22.0. The van der Waals surface area contributed by atoms with Gasteiger partial charge in [-0.05, 0) is 84.7 Å². The zero-order valence-electron chi connectivity index (χ0n) is 18.2. The van der Waals surface area contributed by atoms with E-state index in [-0.39, 0.29) is 22.6 Å². The lowest BCUT2D eigenvalue weighted by molar-refractivity contribution is 0.197. The Balaban J connectivity index is 1.56. The fourth-order valence-electron chi connectivity index (χ4n) is 5.83. The van der Waals surface area contributed by atoms with Crippen LogP contribution in [0.25, 0.3) is 11.1 Å². The Hall–Kier alpha value is -2.28. The molecule has 4 rings (SSSR count). The molecule has 31 heavy (non-hydrogen) atoms. The fraction of sp³-hybridized carbons (Fsp3) is 0.519. The van der Waals surface area contributed by atoms with Crippen molar-refractivity contribution in [1.29, 1.82) is 5.26 Å². The van der Waals surface area contributed by atoms with E-state index in [4.69, 9.17) is 5.26 Å². The van der Waals surface area contributed by atoms with E-state index in [2.05, 4.69) is 6.92 Å². The smallest absolute Gasteiger partial charge is 0.141 e. The Bertz CT molecular complexity index is 991. The molecule has 0 saturated heterocycles. The minimum atomic E-state index is -0.756. The molecular formula is C27H30F3N. The minimum Gasteiger partial charge on any atom is -0.206 e. The van der Waals surface area contributed by atoms with E-state index >= 15 is 8.78 Å². The molecule has 1 saturated carbocycles. The lowest BCUT2D eigenvalue weighted by atomic mass is 9.64. The van der Waals surface area contributed by atoms with E-state index in [0.29, 0.717) is 17.9 Å². The monoisotopic (exact) mass is 425 g/mol. The van der Waals surface area contributed by atoms with E-state index in [1.807, 2.05) is 0 Å². The van der Waals surface area contributed by atoms with E-state index in [9.17, 15) is 4.39 Å². The van der Waals surface area contributed by atoms with Crippen LogP contribution in [0.15, 0.2) is 24.3 Å². The Morgan fingerprint density at radius 1 is 1.00 bits per heavy atom. The van der Waals surface area contributed by atoms with Gasteiger partial charge in [0, 0.05) is 0 Å². The lowest BCUT2D eigenvalue weighted by Crippen LogP contribution is -2.29. The van der Waals surface area contributed by atoms with Crippen molar-refractivity contribution in [3.05, 3.63) is 58.4 Å². The van der Waals surface area contributed by atoms with Crippen LogP contribution in [0.5, 0.6) is 0 Å². The number of unbranched alkanes of at least 4 members (excludes halogenated alkanes) is 3. The van der Waals surface area contributed by atoms with Gasteiger partial charge in [0.15, 0.2) is 0 Å². The van der Waals surface area contributed by atoms with E-state index < -0.39 is 17.5 Å². The second-order valence-corrected chi connectivity index (χ2v) is 9.36.